The highest BCUT2D eigenvalue weighted by atomic mass is 32.2. The second-order valence-electron chi connectivity index (χ2n) is 7.01. The van der Waals surface area contributed by atoms with Crippen molar-refractivity contribution in [2.75, 3.05) is 30.3 Å². The van der Waals surface area contributed by atoms with Gasteiger partial charge in [0.15, 0.2) is 0 Å². The van der Waals surface area contributed by atoms with Gasteiger partial charge in [0.05, 0.1) is 15.7 Å². The molecule has 2 aliphatic rings. The predicted molar refractivity (Wildman–Crippen MR) is 110 cm³/mol. The molecule has 0 radical (unpaired) electrons. The topological polar surface area (TPSA) is 70.6 Å². The number of hydrogen-bond donors (Lipinski definition) is 0. The lowest BCUT2D eigenvalue weighted by Crippen LogP contribution is -2.35. The van der Waals surface area contributed by atoms with Gasteiger partial charge in [0.2, 0.25) is 15.9 Å². The highest BCUT2D eigenvalue weighted by molar-refractivity contribution is 7.99. The average Bonchev–Trinajstić information content (AvgIpc) is 3.17. The van der Waals surface area contributed by atoms with E-state index in [-0.39, 0.29) is 5.91 Å². The molecule has 3 heterocycles. The van der Waals surface area contributed by atoms with E-state index in [4.69, 9.17) is 0 Å². The number of sulfonamides is 1. The van der Waals surface area contributed by atoms with E-state index in [2.05, 4.69) is 4.98 Å². The Bertz CT molecular complexity index is 958. The minimum atomic E-state index is -3.45. The summed E-state index contributed by atoms with van der Waals surface area (Å²) in [6.45, 7) is 1.77. The maximum absolute atomic E-state index is 12.9. The highest BCUT2D eigenvalue weighted by Gasteiger charge is 2.30. The first kappa shape index (κ1) is 19.4. The molecule has 0 unspecified atom stereocenters. The fourth-order valence-corrected chi connectivity index (χ4v) is 6.00. The molecule has 28 heavy (non-hydrogen) atoms. The third-order valence-electron chi connectivity index (χ3n) is 5.18. The van der Waals surface area contributed by atoms with Gasteiger partial charge in [0.25, 0.3) is 0 Å². The number of amides is 1. The van der Waals surface area contributed by atoms with Gasteiger partial charge in [-0.15, -0.1) is 0 Å². The number of nitrogens with zero attached hydrogens (tertiary/aromatic N) is 3. The number of carbonyl (C=O) groups is 1. The van der Waals surface area contributed by atoms with E-state index in [1.165, 1.54) is 11.8 Å². The molecule has 0 bridgehead atoms. The van der Waals surface area contributed by atoms with Crippen LogP contribution >= 0.6 is 11.8 Å². The average molecular weight is 418 g/mol. The molecule has 8 heteroatoms. The Hall–Kier alpha value is -1.90. The molecule has 4 rings (SSSR count). The molecule has 148 valence electrons. The molecule has 0 atom stereocenters. The molecule has 0 N–H and O–H groups in total. The predicted octanol–water partition coefficient (Wildman–Crippen LogP) is 2.94. The Labute approximate surface area is 170 Å². The summed E-state index contributed by atoms with van der Waals surface area (Å²) in [6, 6.07) is 10.8. The fourth-order valence-electron chi connectivity index (χ4n) is 3.70. The number of thioether (sulfide) groups is 1. The number of benzene rings is 1. The Balaban J connectivity index is 1.48. The number of fused-ring (bicyclic) bond motifs is 1. The first-order chi connectivity index (χ1) is 13.6. The van der Waals surface area contributed by atoms with E-state index in [9.17, 15) is 13.2 Å². The van der Waals surface area contributed by atoms with Crippen molar-refractivity contribution < 1.29 is 13.2 Å². The van der Waals surface area contributed by atoms with Gasteiger partial charge in [-0.2, -0.15) is 4.31 Å². The van der Waals surface area contributed by atoms with Gasteiger partial charge < -0.3 is 4.90 Å². The summed E-state index contributed by atoms with van der Waals surface area (Å²) in [4.78, 5) is 19.0. The number of rotatable bonds is 5. The van der Waals surface area contributed by atoms with Gasteiger partial charge in [-0.05, 0) is 55.2 Å². The number of hydrogen-bond acceptors (Lipinski definition) is 5. The number of pyridine rings is 1. The Morgan fingerprint density at radius 1 is 1.07 bits per heavy atom. The molecule has 1 saturated heterocycles. The van der Waals surface area contributed by atoms with Crippen molar-refractivity contribution in [2.45, 2.75) is 35.6 Å². The zero-order valence-electron chi connectivity index (χ0n) is 15.6. The maximum atomic E-state index is 12.9. The van der Waals surface area contributed by atoms with Crippen molar-refractivity contribution in [3.05, 3.63) is 48.2 Å². The normalized spacial score (nSPS) is 17.5. The second kappa shape index (κ2) is 8.23. The molecule has 2 aromatic rings. The largest absolute Gasteiger partial charge is 0.311 e. The van der Waals surface area contributed by atoms with Crippen molar-refractivity contribution in [3.63, 3.8) is 0 Å². The van der Waals surface area contributed by atoms with Crippen LogP contribution in [0.2, 0.25) is 0 Å². The maximum Gasteiger partial charge on any atom is 0.243 e. The van der Waals surface area contributed by atoms with Gasteiger partial charge in [-0.3, -0.25) is 4.79 Å². The summed E-state index contributed by atoms with van der Waals surface area (Å²) in [5, 5.41) is 0.818. The Morgan fingerprint density at radius 3 is 2.64 bits per heavy atom. The number of anilines is 1. The first-order valence-corrected chi connectivity index (χ1v) is 12.0. The Kier molecular flexibility index (Phi) is 5.70. The van der Waals surface area contributed by atoms with Gasteiger partial charge >= 0.3 is 0 Å². The summed E-state index contributed by atoms with van der Waals surface area (Å²) in [5.41, 5.74) is 1.75. The zero-order valence-corrected chi connectivity index (χ0v) is 17.2. The minimum Gasteiger partial charge on any atom is -0.311 e. The Morgan fingerprint density at radius 2 is 1.89 bits per heavy atom. The molecule has 1 aromatic heterocycles. The molecule has 6 nitrogen and oxygen atoms in total. The molecule has 0 aliphatic carbocycles. The van der Waals surface area contributed by atoms with Crippen molar-refractivity contribution in [2.24, 2.45) is 0 Å². The van der Waals surface area contributed by atoms with Crippen LogP contribution in [0.1, 0.15) is 24.8 Å². The number of aromatic nitrogens is 1. The number of piperidine rings is 1. The molecular formula is C20H23N3O3S2. The van der Waals surface area contributed by atoms with Crippen molar-refractivity contribution in [3.8, 4) is 0 Å². The summed E-state index contributed by atoms with van der Waals surface area (Å²) >= 11 is 1.41. The lowest BCUT2D eigenvalue weighted by Gasteiger charge is -2.26. The van der Waals surface area contributed by atoms with E-state index in [0.29, 0.717) is 36.7 Å². The molecule has 0 spiro atoms. The van der Waals surface area contributed by atoms with Gasteiger partial charge in [0.1, 0.15) is 0 Å². The van der Waals surface area contributed by atoms with E-state index < -0.39 is 10.0 Å². The van der Waals surface area contributed by atoms with Crippen LogP contribution < -0.4 is 4.90 Å². The molecule has 0 saturated carbocycles. The SMILES string of the molecule is O=C(CSc1ccccn1)N1CCc2cc(S(=O)(=O)N3CCCCC3)ccc21. The third-order valence-corrected chi connectivity index (χ3v) is 8.00. The van der Waals surface area contributed by atoms with Crippen LogP contribution in [0.3, 0.4) is 0 Å². The van der Waals surface area contributed by atoms with Crippen molar-refractivity contribution in [1.29, 1.82) is 0 Å². The monoisotopic (exact) mass is 417 g/mol. The van der Waals surface area contributed by atoms with E-state index in [1.54, 1.807) is 33.6 Å². The van der Waals surface area contributed by atoms with Crippen LogP contribution in [0, 0.1) is 0 Å². The second-order valence-corrected chi connectivity index (χ2v) is 9.94. The lowest BCUT2D eigenvalue weighted by molar-refractivity contribution is -0.116. The van der Waals surface area contributed by atoms with E-state index in [0.717, 1.165) is 35.5 Å². The summed E-state index contributed by atoms with van der Waals surface area (Å²) in [7, 11) is -3.45. The molecule has 2 aliphatic heterocycles. The molecule has 1 aromatic carbocycles. The summed E-state index contributed by atoms with van der Waals surface area (Å²) < 4.78 is 27.4. The third kappa shape index (κ3) is 3.94. The van der Waals surface area contributed by atoms with Crippen LogP contribution in [0.4, 0.5) is 5.69 Å². The molecule has 1 fully saturated rings. The fraction of sp³-hybridized carbons (Fsp3) is 0.400. The lowest BCUT2D eigenvalue weighted by atomic mass is 10.2. The quantitative estimate of drug-likeness (QED) is 0.700. The summed E-state index contributed by atoms with van der Waals surface area (Å²) in [5.74, 6) is 0.325. The highest BCUT2D eigenvalue weighted by Crippen LogP contribution is 2.32. The molecular weight excluding hydrogens is 394 g/mol. The molecule has 1 amide bonds. The van der Waals surface area contributed by atoms with Crippen LogP contribution in [0.25, 0.3) is 0 Å². The van der Waals surface area contributed by atoms with E-state index in [1.807, 2.05) is 18.2 Å². The van der Waals surface area contributed by atoms with Gasteiger partial charge in [0, 0.05) is 31.5 Å². The van der Waals surface area contributed by atoms with E-state index >= 15 is 0 Å². The summed E-state index contributed by atoms with van der Waals surface area (Å²) in [6.07, 6.45) is 5.31. The van der Waals surface area contributed by atoms with Crippen LogP contribution in [0.15, 0.2) is 52.5 Å². The van der Waals surface area contributed by atoms with Crippen molar-refractivity contribution in [1.82, 2.24) is 9.29 Å². The standard InChI is InChI=1S/C20H23N3O3S2/c24-20(15-27-19-6-2-3-10-21-19)23-13-9-16-14-17(7-8-18(16)23)28(25,26)22-11-4-1-5-12-22/h2-3,6-8,10,14H,1,4-5,9,11-13,15H2. The van der Waals surface area contributed by atoms with Gasteiger partial charge in [-0.25, -0.2) is 13.4 Å². The van der Waals surface area contributed by atoms with Crippen LogP contribution in [0.5, 0.6) is 0 Å². The van der Waals surface area contributed by atoms with Gasteiger partial charge in [-0.1, -0.05) is 24.2 Å². The minimum absolute atomic E-state index is 0.0149. The van der Waals surface area contributed by atoms with Crippen LogP contribution in [-0.4, -0.2) is 49.0 Å². The van der Waals surface area contributed by atoms with Crippen LogP contribution in [-0.2, 0) is 21.2 Å². The first-order valence-electron chi connectivity index (χ1n) is 9.53. The smallest absolute Gasteiger partial charge is 0.243 e. The zero-order chi connectivity index (χ0) is 19.6. The number of carbonyl (C=O) groups excluding carboxylic acids is 1. The van der Waals surface area contributed by atoms with Crippen molar-refractivity contribution >= 4 is 33.4 Å².